The number of carbonyl (C=O) groups excluding carboxylic acids is 1. The molecule has 0 unspecified atom stereocenters. The zero-order valence-electron chi connectivity index (χ0n) is 9.93. The van der Waals surface area contributed by atoms with Crippen LogP contribution in [-0.2, 0) is 0 Å². The SMILES string of the molecule is O=C(Nc1nc2ccc(Cl)cc2s1)c1cc(Cl)ccn1. The van der Waals surface area contributed by atoms with Gasteiger partial charge in [0.25, 0.3) is 5.91 Å². The van der Waals surface area contributed by atoms with E-state index in [1.165, 1.54) is 23.6 Å². The van der Waals surface area contributed by atoms with Crippen molar-refractivity contribution in [3.05, 3.63) is 52.3 Å². The lowest BCUT2D eigenvalue weighted by molar-refractivity contribution is 0.102. The van der Waals surface area contributed by atoms with Crippen molar-refractivity contribution in [2.75, 3.05) is 5.32 Å². The van der Waals surface area contributed by atoms with E-state index in [0.29, 0.717) is 15.2 Å². The van der Waals surface area contributed by atoms with Crippen LogP contribution in [0, 0.1) is 0 Å². The average molecular weight is 324 g/mol. The Labute approximate surface area is 128 Å². The summed E-state index contributed by atoms with van der Waals surface area (Å²) in [5.41, 5.74) is 1.03. The zero-order valence-corrected chi connectivity index (χ0v) is 12.3. The van der Waals surface area contributed by atoms with Gasteiger partial charge >= 0.3 is 0 Å². The molecule has 1 amide bonds. The third-order valence-corrected chi connectivity index (χ3v) is 3.93. The Kier molecular flexibility index (Phi) is 3.56. The van der Waals surface area contributed by atoms with E-state index in [0.717, 1.165) is 10.2 Å². The molecule has 0 aliphatic heterocycles. The number of fused-ring (bicyclic) bond motifs is 1. The highest BCUT2D eigenvalue weighted by molar-refractivity contribution is 7.22. The lowest BCUT2D eigenvalue weighted by atomic mass is 10.3. The maximum absolute atomic E-state index is 12.0. The molecule has 20 heavy (non-hydrogen) atoms. The second-order valence-corrected chi connectivity index (χ2v) is 5.85. The third kappa shape index (κ3) is 2.75. The first kappa shape index (κ1) is 13.3. The summed E-state index contributed by atoms with van der Waals surface area (Å²) in [5.74, 6) is -0.349. The Bertz CT molecular complexity index is 803. The molecule has 0 aliphatic rings. The van der Waals surface area contributed by atoms with Gasteiger partial charge in [-0.05, 0) is 30.3 Å². The standard InChI is InChI=1S/C13H7Cl2N3OS/c14-7-1-2-9-11(6-7)20-13(17-9)18-12(19)10-5-8(15)3-4-16-10/h1-6H,(H,17,18,19). The quantitative estimate of drug-likeness (QED) is 0.767. The number of nitrogens with one attached hydrogen (secondary N) is 1. The highest BCUT2D eigenvalue weighted by atomic mass is 35.5. The van der Waals surface area contributed by atoms with Gasteiger partial charge in [0.05, 0.1) is 10.2 Å². The molecule has 7 heteroatoms. The van der Waals surface area contributed by atoms with Crippen molar-refractivity contribution in [3.63, 3.8) is 0 Å². The molecule has 0 radical (unpaired) electrons. The predicted octanol–water partition coefficient (Wildman–Crippen LogP) is 4.25. The van der Waals surface area contributed by atoms with Crippen LogP contribution in [0.15, 0.2) is 36.5 Å². The number of anilines is 1. The van der Waals surface area contributed by atoms with Crippen LogP contribution in [0.5, 0.6) is 0 Å². The van der Waals surface area contributed by atoms with Gasteiger partial charge < -0.3 is 0 Å². The molecule has 0 spiro atoms. The molecule has 0 saturated heterocycles. The smallest absolute Gasteiger partial charge is 0.276 e. The van der Waals surface area contributed by atoms with Crippen LogP contribution in [0.2, 0.25) is 10.0 Å². The summed E-state index contributed by atoms with van der Waals surface area (Å²) in [5, 5.41) is 4.29. The summed E-state index contributed by atoms with van der Waals surface area (Å²) in [6, 6.07) is 8.48. The molecular formula is C13H7Cl2N3OS. The van der Waals surface area contributed by atoms with Crippen molar-refractivity contribution in [1.29, 1.82) is 0 Å². The molecule has 0 fully saturated rings. The summed E-state index contributed by atoms with van der Waals surface area (Å²) < 4.78 is 0.909. The lowest BCUT2D eigenvalue weighted by Gasteiger charge is -2.00. The topological polar surface area (TPSA) is 54.9 Å². The predicted molar refractivity (Wildman–Crippen MR) is 81.8 cm³/mol. The van der Waals surface area contributed by atoms with Gasteiger partial charge in [0.1, 0.15) is 5.69 Å². The number of pyridine rings is 1. The minimum Gasteiger partial charge on any atom is -0.296 e. The molecule has 2 aromatic heterocycles. The summed E-state index contributed by atoms with van der Waals surface area (Å²) in [7, 11) is 0. The maximum Gasteiger partial charge on any atom is 0.276 e. The second-order valence-electron chi connectivity index (χ2n) is 3.94. The van der Waals surface area contributed by atoms with E-state index < -0.39 is 0 Å². The lowest BCUT2D eigenvalue weighted by Crippen LogP contribution is -2.13. The number of benzene rings is 1. The number of rotatable bonds is 2. The van der Waals surface area contributed by atoms with E-state index in [-0.39, 0.29) is 11.6 Å². The second kappa shape index (κ2) is 5.36. The third-order valence-electron chi connectivity index (χ3n) is 2.53. The maximum atomic E-state index is 12.0. The Hall–Kier alpha value is -1.69. The highest BCUT2D eigenvalue weighted by Crippen LogP contribution is 2.28. The van der Waals surface area contributed by atoms with Crippen molar-refractivity contribution in [2.45, 2.75) is 0 Å². The van der Waals surface area contributed by atoms with Crippen LogP contribution in [-0.4, -0.2) is 15.9 Å². The van der Waals surface area contributed by atoms with Crippen molar-refractivity contribution in [1.82, 2.24) is 9.97 Å². The molecule has 2 heterocycles. The van der Waals surface area contributed by atoms with Gasteiger partial charge in [0.2, 0.25) is 0 Å². The van der Waals surface area contributed by atoms with E-state index in [1.807, 2.05) is 12.1 Å². The molecule has 1 N–H and O–H groups in total. The van der Waals surface area contributed by atoms with E-state index >= 15 is 0 Å². The Morgan fingerprint density at radius 2 is 1.95 bits per heavy atom. The Balaban J connectivity index is 1.87. The van der Waals surface area contributed by atoms with Crippen LogP contribution < -0.4 is 5.32 Å². The normalized spacial score (nSPS) is 10.7. The minimum absolute atomic E-state index is 0.245. The van der Waals surface area contributed by atoms with Gasteiger partial charge in [-0.15, -0.1) is 0 Å². The molecule has 1 aromatic carbocycles. The number of thiazole rings is 1. The molecule has 0 bridgehead atoms. The average Bonchev–Trinajstić information content (AvgIpc) is 2.80. The first-order chi connectivity index (χ1) is 9.61. The first-order valence-corrected chi connectivity index (χ1v) is 7.18. The van der Waals surface area contributed by atoms with E-state index in [9.17, 15) is 4.79 Å². The van der Waals surface area contributed by atoms with Gasteiger partial charge in [0, 0.05) is 16.2 Å². The number of aromatic nitrogens is 2. The summed E-state index contributed by atoms with van der Waals surface area (Å²) in [4.78, 5) is 20.3. The highest BCUT2D eigenvalue weighted by Gasteiger charge is 2.11. The molecular weight excluding hydrogens is 317 g/mol. The molecule has 3 rings (SSSR count). The summed E-state index contributed by atoms with van der Waals surface area (Å²) in [6.45, 7) is 0. The largest absolute Gasteiger partial charge is 0.296 e. The zero-order chi connectivity index (χ0) is 14.1. The molecule has 3 aromatic rings. The molecule has 0 saturated carbocycles. The number of hydrogen-bond acceptors (Lipinski definition) is 4. The van der Waals surface area contributed by atoms with Crippen molar-refractivity contribution in [2.24, 2.45) is 0 Å². The number of amides is 1. The molecule has 0 atom stereocenters. The fourth-order valence-electron chi connectivity index (χ4n) is 1.64. The van der Waals surface area contributed by atoms with Gasteiger partial charge in [-0.2, -0.15) is 0 Å². The van der Waals surface area contributed by atoms with Crippen molar-refractivity contribution in [3.8, 4) is 0 Å². The molecule has 4 nitrogen and oxygen atoms in total. The van der Waals surface area contributed by atoms with E-state index in [4.69, 9.17) is 23.2 Å². The van der Waals surface area contributed by atoms with Gasteiger partial charge in [-0.25, -0.2) is 4.98 Å². The minimum atomic E-state index is -0.349. The fourth-order valence-corrected chi connectivity index (χ4v) is 2.94. The Morgan fingerprint density at radius 3 is 2.75 bits per heavy atom. The molecule has 100 valence electrons. The van der Waals surface area contributed by atoms with E-state index in [2.05, 4.69) is 15.3 Å². The fraction of sp³-hybridized carbons (Fsp3) is 0. The molecule has 0 aliphatic carbocycles. The Morgan fingerprint density at radius 1 is 1.15 bits per heavy atom. The van der Waals surface area contributed by atoms with Crippen LogP contribution in [0.1, 0.15) is 10.5 Å². The van der Waals surface area contributed by atoms with Crippen LogP contribution in [0.4, 0.5) is 5.13 Å². The van der Waals surface area contributed by atoms with E-state index in [1.54, 1.807) is 12.1 Å². The summed E-state index contributed by atoms with van der Waals surface area (Å²) >= 11 is 13.1. The van der Waals surface area contributed by atoms with Gasteiger partial charge in [0.15, 0.2) is 5.13 Å². The number of nitrogens with zero attached hydrogens (tertiary/aromatic N) is 2. The first-order valence-electron chi connectivity index (χ1n) is 5.61. The van der Waals surface area contributed by atoms with Crippen LogP contribution in [0.25, 0.3) is 10.2 Å². The van der Waals surface area contributed by atoms with Crippen molar-refractivity contribution >= 4 is 55.8 Å². The van der Waals surface area contributed by atoms with Gasteiger partial charge in [-0.3, -0.25) is 15.1 Å². The van der Waals surface area contributed by atoms with Gasteiger partial charge in [-0.1, -0.05) is 34.5 Å². The van der Waals surface area contributed by atoms with Crippen LogP contribution >= 0.6 is 34.5 Å². The van der Waals surface area contributed by atoms with Crippen LogP contribution in [0.3, 0.4) is 0 Å². The monoisotopic (exact) mass is 323 g/mol. The number of carbonyl (C=O) groups is 1. The number of halogens is 2. The number of hydrogen-bond donors (Lipinski definition) is 1. The van der Waals surface area contributed by atoms with Crippen molar-refractivity contribution < 1.29 is 4.79 Å². The summed E-state index contributed by atoms with van der Waals surface area (Å²) in [6.07, 6.45) is 1.48.